The Bertz CT molecular complexity index is 502. The standard InChI is InChI=1S/C17H27N3O2/c1-12(2)10-11-18-16(22)19-14-8-6-13(7-9-14)15(21)20-17(3,4)5/h6-9,12H,10-11H2,1-5H3,(H,20,21)(H2,18,19,22). The fraction of sp³-hybridized carbons (Fsp3) is 0.529. The lowest BCUT2D eigenvalue weighted by atomic mass is 10.1. The Kier molecular flexibility index (Phi) is 6.40. The molecule has 0 aliphatic heterocycles. The molecular weight excluding hydrogens is 278 g/mol. The monoisotopic (exact) mass is 305 g/mol. The lowest BCUT2D eigenvalue weighted by molar-refractivity contribution is 0.0919. The lowest BCUT2D eigenvalue weighted by Gasteiger charge is -2.20. The van der Waals surface area contributed by atoms with Gasteiger partial charge in [0, 0.05) is 23.3 Å². The smallest absolute Gasteiger partial charge is 0.319 e. The summed E-state index contributed by atoms with van der Waals surface area (Å²) < 4.78 is 0. The molecule has 0 unspecified atom stereocenters. The number of amides is 3. The van der Waals surface area contributed by atoms with E-state index in [-0.39, 0.29) is 17.5 Å². The van der Waals surface area contributed by atoms with Crippen LogP contribution in [0, 0.1) is 5.92 Å². The molecule has 0 heterocycles. The number of carbonyl (C=O) groups is 2. The maximum atomic E-state index is 12.0. The summed E-state index contributed by atoms with van der Waals surface area (Å²) in [5.41, 5.74) is 0.958. The number of rotatable bonds is 5. The normalized spacial score (nSPS) is 11.2. The van der Waals surface area contributed by atoms with Crippen LogP contribution in [0.3, 0.4) is 0 Å². The molecule has 0 radical (unpaired) electrons. The van der Waals surface area contributed by atoms with E-state index in [9.17, 15) is 9.59 Å². The van der Waals surface area contributed by atoms with Crippen LogP contribution in [-0.4, -0.2) is 24.0 Å². The molecule has 1 rings (SSSR count). The highest BCUT2D eigenvalue weighted by Gasteiger charge is 2.15. The second-order valence-electron chi connectivity index (χ2n) is 6.84. The van der Waals surface area contributed by atoms with Gasteiger partial charge in [-0.05, 0) is 57.4 Å². The molecule has 22 heavy (non-hydrogen) atoms. The van der Waals surface area contributed by atoms with E-state index in [0.717, 1.165) is 6.42 Å². The van der Waals surface area contributed by atoms with E-state index in [0.29, 0.717) is 23.7 Å². The largest absolute Gasteiger partial charge is 0.347 e. The van der Waals surface area contributed by atoms with Gasteiger partial charge in [-0.2, -0.15) is 0 Å². The van der Waals surface area contributed by atoms with E-state index in [2.05, 4.69) is 29.8 Å². The van der Waals surface area contributed by atoms with Gasteiger partial charge in [-0.1, -0.05) is 13.8 Å². The Balaban J connectivity index is 2.51. The van der Waals surface area contributed by atoms with E-state index in [1.807, 2.05) is 20.8 Å². The maximum Gasteiger partial charge on any atom is 0.319 e. The molecule has 5 nitrogen and oxygen atoms in total. The molecule has 0 aliphatic carbocycles. The fourth-order valence-electron chi connectivity index (χ4n) is 1.77. The number of carbonyl (C=O) groups excluding carboxylic acids is 2. The molecule has 1 aromatic rings. The number of urea groups is 1. The van der Waals surface area contributed by atoms with Crippen molar-refractivity contribution in [2.45, 2.75) is 46.6 Å². The van der Waals surface area contributed by atoms with Crippen molar-refractivity contribution in [2.24, 2.45) is 5.92 Å². The molecule has 3 N–H and O–H groups in total. The topological polar surface area (TPSA) is 70.2 Å². The molecule has 122 valence electrons. The van der Waals surface area contributed by atoms with Gasteiger partial charge in [0.2, 0.25) is 0 Å². The van der Waals surface area contributed by atoms with Crippen LogP contribution in [0.2, 0.25) is 0 Å². The summed E-state index contributed by atoms with van der Waals surface area (Å²) in [6.45, 7) is 10.7. The van der Waals surface area contributed by atoms with Crippen molar-refractivity contribution >= 4 is 17.6 Å². The predicted molar refractivity (Wildman–Crippen MR) is 90.1 cm³/mol. The third-order valence-corrected chi connectivity index (χ3v) is 2.90. The maximum absolute atomic E-state index is 12.0. The molecule has 3 amide bonds. The molecule has 1 aromatic carbocycles. The number of benzene rings is 1. The second kappa shape index (κ2) is 7.82. The second-order valence-corrected chi connectivity index (χ2v) is 6.84. The number of anilines is 1. The highest BCUT2D eigenvalue weighted by Crippen LogP contribution is 2.11. The van der Waals surface area contributed by atoms with Crippen LogP contribution in [-0.2, 0) is 0 Å². The highest BCUT2D eigenvalue weighted by molar-refractivity contribution is 5.95. The van der Waals surface area contributed by atoms with Crippen molar-refractivity contribution in [3.8, 4) is 0 Å². The molecule has 5 heteroatoms. The van der Waals surface area contributed by atoms with Gasteiger partial charge in [0.1, 0.15) is 0 Å². The lowest BCUT2D eigenvalue weighted by Crippen LogP contribution is -2.40. The van der Waals surface area contributed by atoms with Crippen LogP contribution < -0.4 is 16.0 Å². The van der Waals surface area contributed by atoms with E-state index in [4.69, 9.17) is 0 Å². The molecular formula is C17H27N3O2. The first-order chi connectivity index (χ1) is 10.2. The molecule has 0 spiro atoms. The van der Waals surface area contributed by atoms with E-state index >= 15 is 0 Å². The average Bonchev–Trinajstić information content (AvgIpc) is 2.37. The minimum absolute atomic E-state index is 0.125. The fourth-order valence-corrected chi connectivity index (χ4v) is 1.77. The van der Waals surface area contributed by atoms with Gasteiger partial charge >= 0.3 is 6.03 Å². The quantitative estimate of drug-likeness (QED) is 0.780. The Morgan fingerprint density at radius 1 is 1.09 bits per heavy atom. The van der Waals surface area contributed by atoms with Gasteiger partial charge in [0.05, 0.1) is 0 Å². The van der Waals surface area contributed by atoms with Gasteiger partial charge in [0.15, 0.2) is 0 Å². The minimum atomic E-state index is -0.274. The first-order valence-electron chi connectivity index (χ1n) is 7.65. The molecule has 0 aliphatic rings. The van der Waals surface area contributed by atoms with E-state index in [1.165, 1.54) is 0 Å². The molecule has 0 atom stereocenters. The summed E-state index contributed by atoms with van der Waals surface area (Å²) in [6.07, 6.45) is 0.944. The van der Waals surface area contributed by atoms with Crippen LogP contribution in [0.1, 0.15) is 51.4 Å². The highest BCUT2D eigenvalue weighted by atomic mass is 16.2. The Hall–Kier alpha value is -2.04. The number of hydrogen-bond acceptors (Lipinski definition) is 2. The van der Waals surface area contributed by atoms with Crippen LogP contribution in [0.4, 0.5) is 10.5 Å². The molecule has 0 saturated carbocycles. The van der Waals surface area contributed by atoms with Gasteiger partial charge < -0.3 is 16.0 Å². The molecule has 0 aromatic heterocycles. The summed E-state index contributed by atoms with van der Waals surface area (Å²) >= 11 is 0. The van der Waals surface area contributed by atoms with Crippen molar-refractivity contribution in [1.82, 2.24) is 10.6 Å². The van der Waals surface area contributed by atoms with Crippen molar-refractivity contribution < 1.29 is 9.59 Å². The summed E-state index contributed by atoms with van der Waals surface area (Å²) in [7, 11) is 0. The molecule has 0 fully saturated rings. The zero-order chi connectivity index (χ0) is 16.8. The van der Waals surface area contributed by atoms with Crippen LogP contribution in [0.5, 0.6) is 0 Å². The Morgan fingerprint density at radius 2 is 1.68 bits per heavy atom. The summed E-state index contributed by atoms with van der Waals surface area (Å²) in [6, 6.07) is 6.61. The Morgan fingerprint density at radius 3 is 2.18 bits per heavy atom. The Labute approximate surface area is 132 Å². The van der Waals surface area contributed by atoms with Gasteiger partial charge in [-0.15, -0.1) is 0 Å². The summed E-state index contributed by atoms with van der Waals surface area (Å²) in [4.78, 5) is 23.7. The SMILES string of the molecule is CC(C)CCNC(=O)Nc1ccc(C(=O)NC(C)(C)C)cc1. The number of hydrogen-bond donors (Lipinski definition) is 3. The zero-order valence-corrected chi connectivity index (χ0v) is 14.1. The average molecular weight is 305 g/mol. The van der Waals surface area contributed by atoms with Crippen molar-refractivity contribution in [3.05, 3.63) is 29.8 Å². The van der Waals surface area contributed by atoms with Crippen LogP contribution >= 0.6 is 0 Å². The van der Waals surface area contributed by atoms with Crippen LogP contribution in [0.15, 0.2) is 24.3 Å². The third kappa shape index (κ3) is 7.11. The van der Waals surface area contributed by atoms with Crippen LogP contribution in [0.25, 0.3) is 0 Å². The zero-order valence-electron chi connectivity index (χ0n) is 14.1. The first-order valence-corrected chi connectivity index (χ1v) is 7.65. The summed E-state index contributed by atoms with van der Waals surface area (Å²) in [5.74, 6) is 0.432. The van der Waals surface area contributed by atoms with Gasteiger partial charge in [-0.25, -0.2) is 4.79 Å². The first kappa shape index (κ1) is 18.0. The van der Waals surface area contributed by atoms with Gasteiger partial charge in [-0.3, -0.25) is 4.79 Å². The van der Waals surface area contributed by atoms with Crippen molar-refractivity contribution in [2.75, 3.05) is 11.9 Å². The predicted octanol–water partition coefficient (Wildman–Crippen LogP) is 3.38. The van der Waals surface area contributed by atoms with Crippen molar-refractivity contribution in [3.63, 3.8) is 0 Å². The van der Waals surface area contributed by atoms with Gasteiger partial charge in [0.25, 0.3) is 5.91 Å². The third-order valence-electron chi connectivity index (χ3n) is 2.90. The minimum Gasteiger partial charge on any atom is -0.347 e. The molecule has 0 saturated heterocycles. The number of nitrogens with one attached hydrogen (secondary N) is 3. The summed E-state index contributed by atoms with van der Waals surface area (Å²) in [5, 5.41) is 8.45. The molecule has 0 bridgehead atoms. The van der Waals surface area contributed by atoms with E-state index in [1.54, 1.807) is 24.3 Å². The van der Waals surface area contributed by atoms with Crippen molar-refractivity contribution in [1.29, 1.82) is 0 Å². The van der Waals surface area contributed by atoms with E-state index < -0.39 is 0 Å².